The van der Waals surface area contributed by atoms with Gasteiger partial charge >= 0.3 is 0 Å². The van der Waals surface area contributed by atoms with Gasteiger partial charge in [0.2, 0.25) is 5.91 Å². The van der Waals surface area contributed by atoms with E-state index in [4.69, 9.17) is 0 Å². The van der Waals surface area contributed by atoms with Gasteiger partial charge in [0.25, 0.3) is 0 Å². The van der Waals surface area contributed by atoms with E-state index in [9.17, 15) is 9.90 Å². The molecule has 98 valence electrons. The number of rotatable bonds is 3. The summed E-state index contributed by atoms with van der Waals surface area (Å²) >= 11 is 0. The van der Waals surface area contributed by atoms with Crippen LogP contribution in [0.15, 0.2) is 18.2 Å². The standard InChI is InChI=1S/C14H20N2O2/c1-11-3-2-4-13(17)12(11)5-6-14(18)16-9-7-15-8-10-16/h2-4,15,17H,5-10H2,1H3. The molecule has 1 aromatic carbocycles. The molecular formula is C14H20N2O2. The second kappa shape index (κ2) is 5.87. The van der Waals surface area contributed by atoms with Gasteiger partial charge in [0, 0.05) is 32.6 Å². The molecular weight excluding hydrogens is 228 g/mol. The Hall–Kier alpha value is -1.55. The SMILES string of the molecule is Cc1cccc(O)c1CCC(=O)N1CCNCC1. The molecule has 1 aliphatic rings. The normalized spacial score (nSPS) is 15.7. The Morgan fingerprint density at radius 2 is 2.11 bits per heavy atom. The molecule has 1 fully saturated rings. The van der Waals surface area contributed by atoms with Crippen LogP contribution in [0.4, 0.5) is 0 Å². The number of aryl methyl sites for hydroxylation is 1. The van der Waals surface area contributed by atoms with Crippen LogP contribution in [0.5, 0.6) is 5.75 Å². The summed E-state index contributed by atoms with van der Waals surface area (Å²) < 4.78 is 0. The monoisotopic (exact) mass is 248 g/mol. The van der Waals surface area contributed by atoms with E-state index >= 15 is 0 Å². The van der Waals surface area contributed by atoms with E-state index in [1.165, 1.54) is 0 Å². The molecule has 0 aliphatic carbocycles. The maximum absolute atomic E-state index is 12.0. The fraction of sp³-hybridized carbons (Fsp3) is 0.500. The number of nitrogens with one attached hydrogen (secondary N) is 1. The first kappa shape index (κ1) is 12.9. The molecule has 0 radical (unpaired) electrons. The van der Waals surface area contributed by atoms with Crippen LogP contribution < -0.4 is 5.32 Å². The van der Waals surface area contributed by atoms with E-state index in [1.807, 2.05) is 24.0 Å². The zero-order chi connectivity index (χ0) is 13.0. The molecule has 18 heavy (non-hydrogen) atoms. The molecule has 2 rings (SSSR count). The predicted octanol–water partition coefficient (Wildman–Crippen LogP) is 1.07. The third kappa shape index (κ3) is 3.01. The van der Waals surface area contributed by atoms with Crippen molar-refractivity contribution in [3.05, 3.63) is 29.3 Å². The first-order valence-electron chi connectivity index (χ1n) is 6.44. The summed E-state index contributed by atoms with van der Waals surface area (Å²) in [5.74, 6) is 0.474. The Kier molecular flexibility index (Phi) is 4.20. The van der Waals surface area contributed by atoms with E-state index in [0.717, 1.165) is 37.3 Å². The number of piperazine rings is 1. The van der Waals surface area contributed by atoms with Gasteiger partial charge in [0.05, 0.1) is 0 Å². The van der Waals surface area contributed by atoms with Gasteiger partial charge < -0.3 is 15.3 Å². The lowest BCUT2D eigenvalue weighted by molar-refractivity contribution is -0.131. The zero-order valence-electron chi connectivity index (χ0n) is 10.8. The van der Waals surface area contributed by atoms with Crippen LogP contribution in [-0.2, 0) is 11.2 Å². The molecule has 0 spiro atoms. The van der Waals surface area contributed by atoms with Gasteiger partial charge in [0.1, 0.15) is 5.75 Å². The molecule has 0 saturated carbocycles. The van der Waals surface area contributed by atoms with Crippen molar-refractivity contribution >= 4 is 5.91 Å². The molecule has 0 bridgehead atoms. The Morgan fingerprint density at radius 1 is 1.39 bits per heavy atom. The van der Waals surface area contributed by atoms with Gasteiger partial charge in [-0.3, -0.25) is 4.79 Å². The maximum atomic E-state index is 12.0. The summed E-state index contributed by atoms with van der Waals surface area (Å²) in [5.41, 5.74) is 1.93. The second-order valence-corrected chi connectivity index (χ2v) is 4.70. The molecule has 0 atom stereocenters. The first-order chi connectivity index (χ1) is 8.68. The summed E-state index contributed by atoms with van der Waals surface area (Å²) in [7, 11) is 0. The van der Waals surface area contributed by atoms with Crippen molar-refractivity contribution in [1.82, 2.24) is 10.2 Å². The fourth-order valence-corrected chi connectivity index (χ4v) is 2.32. The van der Waals surface area contributed by atoms with Crippen molar-refractivity contribution in [2.45, 2.75) is 19.8 Å². The number of hydrogen-bond donors (Lipinski definition) is 2. The molecule has 1 amide bonds. The van der Waals surface area contributed by atoms with E-state index in [2.05, 4.69) is 5.32 Å². The molecule has 0 aromatic heterocycles. The van der Waals surface area contributed by atoms with Gasteiger partial charge in [-0.15, -0.1) is 0 Å². The highest BCUT2D eigenvalue weighted by molar-refractivity contribution is 5.76. The Bertz CT molecular complexity index is 406. The average molecular weight is 248 g/mol. The third-order valence-corrected chi connectivity index (χ3v) is 3.44. The molecule has 0 unspecified atom stereocenters. The van der Waals surface area contributed by atoms with E-state index in [1.54, 1.807) is 6.07 Å². The van der Waals surface area contributed by atoms with Crippen LogP contribution in [0.3, 0.4) is 0 Å². The number of amides is 1. The van der Waals surface area contributed by atoms with Crippen molar-refractivity contribution < 1.29 is 9.90 Å². The molecule has 1 saturated heterocycles. The molecule has 1 heterocycles. The first-order valence-corrected chi connectivity index (χ1v) is 6.44. The summed E-state index contributed by atoms with van der Waals surface area (Å²) in [6, 6.07) is 5.47. The lowest BCUT2D eigenvalue weighted by Gasteiger charge is -2.27. The predicted molar refractivity (Wildman–Crippen MR) is 70.6 cm³/mol. The Balaban J connectivity index is 1.92. The van der Waals surface area contributed by atoms with Crippen molar-refractivity contribution in [2.75, 3.05) is 26.2 Å². The van der Waals surface area contributed by atoms with Crippen molar-refractivity contribution in [1.29, 1.82) is 0 Å². The van der Waals surface area contributed by atoms with Crippen molar-refractivity contribution in [2.24, 2.45) is 0 Å². The van der Waals surface area contributed by atoms with Crippen molar-refractivity contribution in [3.8, 4) is 5.75 Å². The maximum Gasteiger partial charge on any atom is 0.222 e. The zero-order valence-corrected chi connectivity index (χ0v) is 10.8. The van der Waals surface area contributed by atoms with Gasteiger partial charge in [-0.2, -0.15) is 0 Å². The topological polar surface area (TPSA) is 52.6 Å². The molecule has 1 aromatic rings. The third-order valence-electron chi connectivity index (χ3n) is 3.44. The van der Waals surface area contributed by atoms with Crippen LogP contribution in [0.2, 0.25) is 0 Å². The van der Waals surface area contributed by atoms with E-state index in [-0.39, 0.29) is 5.91 Å². The van der Waals surface area contributed by atoms with Crippen LogP contribution in [-0.4, -0.2) is 42.1 Å². The second-order valence-electron chi connectivity index (χ2n) is 4.70. The number of nitrogens with zero attached hydrogens (tertiary/aromatic N) is 1. The van der Waals surface area contributed by atoms with Crippen molar-refractivity contribution in [3.63, 3.8) is 0 Å². The van der Waals surface area contributed by atoms with Crippen LogP contribution >= 0.6 is 0 Å². The lowest BCUT2D eigenvalue weighted by atomic mass is 10.0. The summed E-state index contributed by atoms with van der Waals surface area (Å²) in [4.78, 5) is 13.9. The highest BCUT2D eigenvalue weighted by Crippen LogP contribution is 2.22. The molecule has 2 N–H and O–H groups in total. The number of carbonyl (C=O) groups is 1. The number of phenols is 1. The smallest absolute Gasteiger partial charge is 0.222 e. The minimum atomic E-state index is 0.180. The van der Waals surface area contributed by atoms with Gasteiger partial charge in [0.15, 0.2) is 0 Å². The number of carbonyl (C=O) groups excluding carboxylic acids is 1. The lowest BCUT2D eigenvalue weighted by Crippen LogP contribution is -2.46. The highest BCUT2D eigenvalue weighted by Gasteiger charge is 2.16. The minimum Gasteiger partial charge on any atom is -0.508 e. The van der Waals surface area contributed by atoms with Crippen LogP contribution in [0.1, 0.15) is 17.5 Å². The molecule has 4 heteroatoms. The van der Waals surface area contributed by atoms with E-state index < -0.39 is 0 Å². The molecule has 1 aliphatic heterocycles. The van der Waals surface area contributed by atoms with Gasteiger partial charge in [-0.1, -0.05) is 12.1 Å². The van der Waals surface area contributed by atoms with E-state index in [0.29, 0.717) is 18.6 Å². The summed E-state index contributed by atoms with van der Waals surface area (Å²) in [6.07, 6.45) is 1.08. The highest BCUT2D eigenvalue weighted by atomic mass is 16.3. The number of benzene rings is 1. The minimum absolute atomic E-state index is 0.180. The van der Waals surface area contributed by atoms with Crippen LogP contribution in [0.25, 0.3) is 0 Å². The van der Waals surface area contributed by atoms with Gasteiger partial charge in [-0.05, 0) is 30.5 Å². The fourth-order valence-electron chi connectivity index (χ4n) is 2.32. The Morgan fingerprint density at radius 3 is 2.78 bits per heavy atom. The van der Waals surface area contributed by atoms with Gasteiger partial charge in [-0.25, -0.2) is 0 Å². The average Bonchev–Trinajstić information content (AvgIpc) is 2.39. The summed E-state index contributed by atoms with van der Waals surface area (Å²) in [5, 5.41) is 13.0. The number of hydrogen-bond acceptors (Lipinski definition) is 3. The molecule has 4 nitrogen and oxygen atoms in total. The quantitative estimate of drug-likeness (QED) is 0.841. The summed E-state index contributed by atoms with van der Waals surface area (Å²) in [6.45, 7) is 5.30. The number of phenolic OH excluding ortho intramolecular Hbond substituents is 1. The Labute approximate surface area is 108 Å². The number of aromatic hydroxyl groups is 1. The largest absolute Gasteiger partial charge is 0.508 e. The van der Waals surface area contributed by atoms with Crippen LogP contribution in [0, 0.1) is 6.92 Å².